The number of fused-ring (bicyclic) bond motifs is 1. The highest BCUT2D eigenvalue weighted by atomic mass is 16.6. The molecule has 106 valence electrons. The van der Waals surface area contributed by atoms with Crippen LogP contribution in [-0.4, -0.2) is 40.6 Å². The normalized spacial score (nSPS) is 10.6. The Morgan fingerprint density at radius 1 is 1.55 bits per heavy atom. The number of rotatable bonds is 7. The fraction of sp³-hybridized carbons (Fsp3) is 0.273. The van der Waals surface area contributed by atoms with Crippen molar-refractivity contribution in [1.82, 2.24) is 9.97 Å². The number of nitrogens with zero attached hydrogens (tertiary/aromatic N) is 2. The van der Waals surface area contributed by atoms with Crippen molar-refractivity contribution < 1.29 is 14.5 Å². The molecule has 9 heteroatoms. The molecule has 20 heavy (non-hydrogen) atoms. The van der Waals surface area contributed by atoms with Crippen LogP contribution in [0.15, 0.2) is 18.2 Å². The lowest BCUT2D eigenvalue weighted by molar-refractivity contribution is -0.384. The van der Waals surface area contributed by atoms with E-state index in [1.807, 2.05) is 0 Å². The van der Waals surface area contributed by atoms with Gasteiger partial charge < -0.3 is 20.8 Å². The minimum Gasteiger partial charge on any atom is -0.370 e. The average molecular weight is 279 g/mol. The number of benzene rings is 1. The number of hydrogen-bond donors (Lipinski definition) is 3. The molecule has 2 rings (SSSR count). The molecule has 0 atom stereocenters. The fourth-order valence-electron chi connectivity index (χ4n) is 1.61. The second-order valence-electron chi connectivity index (χ2n) is 3.99. The lowest BCUT2D eigenvalue weighted by Gasteiger charge is -2.02. The number of nitrogens with one attached hydrogen (secondary N) is 2. The molecule has 1 aromatic carbocycles. The summed E-state index contributed by atoms with van der Waals surface area (Å²) in [6.45, 7) is 0.587. The number of amides is 1. The van der Waals surface area contributed by atoms with Crippen molar-refractivity contribution in [3.63, 3.8) is 0 Å². The van der Waals surface area contributed by atoms with Crippen molar-refractivity contribution in [3.05, 3.63) is 28.3 Å². The number of primary amides is 1. The largest absolute Gasteiger partial charge is 0.370 e. The van der Waals surface area contributed by atoms with Crippen LogP contribution in [0.5, 0.6) is 0 Å². The Morgan fingerprint density at radius 3 is 3.05 bits per heavy atom. The van der Waals surface area contributed by atoms with Crippen molar-refractivity contribution in [2.45, 2.75) is 0 Å². The monoisotopic (exact) mass is 279 g/mol. The first-order valence-electron chi connectivity index (χ1n) is 5.80. The maximum atomic E-state index is 10.7. The van der Waals surface area contributed by atoms with E-state index in [-0.39, 0.29) is 12.3 Å². The summed E-state index contributed by atoms with van der Waals surface area (Å²) in [5, 5.41) is 13.6. The molecule has 0 aliphatic heterocycles. The fourth-order valence-corrected chi connectivity index (χ4v) is 1.61. The van der Waals surface area contributed by atoms with E-state index >= 15 is 0 Å². The number of non-ortho nitro benzene ring substituents is 1. The maximum Gasteiger partial charge on any atom is 0.271 e. The van der Waals surface area contributed by atoms with E-state index in [1.165, 1.54) is 12.1 Å². The minimum absolute atomic E-state index is 0.00232. The van der Waals surface area contributed by atoms with E-state index < -0.39 is 10.8 Å². The molecule has 0 aliphatic rings. The quantitative estimate of drug-likeness (QED) is 0.381. The third kappa shape index (κ3) is 3.42. The summed E-state index contributed by atoms with van der Waals surface area (Å²) < 4.78 is 4.97. The molecular weight excluding hydrogens is 266 g/mol. The van der Waals surface area contributed by atoms with Gasteiger partial charge >= 0.3 is 0 Å². The Labute approximate surface area is 113 Å². The Kier molecular flexibility index (Phi) is 4.11. The van der Waals surface area contributed by atoms with E-state index in [9.17, 15) is 14.9 Å². The Hall–Kier alpha value is -2.68. The molecule has 1 aromatic heterocycles. The number of ether oxygens (including phenoxy) is 1. The summed E-state index contributed by atoms with van der Waals surface area (Å²) in [7, 11) is 0. The summed E-state index contributed by atoms with van der Waals surface area (Å²) in [5.74, 6) is -0.0516. The number of H-pyrrole nitrogens is 1. The van der Waals surface area contributed by atoms with Crippen molar-refractivity contribution in [1.29, 1.82) is 0 Å². The molecule has 0 aliphatic carbocycles. The van der Waals surface area contributed by atoms with Gasteiger partial charge in [-0.15, -0.1) is 0 Å². The van der Waals surface area contributed by atoms with E-state index in [4.69, 9.17) is 10.5 Å². The predicted octanol–water partition coefficient (Wildman–Crippen LogP) is 0.385. The van der Waals surface area contributed by atoms with Gasteiger partial charge in [-0.2, -0.15) is 0 Å². The summed E-state index contributed by atoms with van der Waals surface area (Å²) in [4.78, 5) is 27.8. The van der Waals surface area contributed by atoms with Crippen molar-refractivity contribution in [2.75, 3.05) is 25.1 Å². The molecule has 2 aromatic rings. The first-order valence-corrected chi connectivity index (χ1v) is 5.80. The van der Waals surface area contributed by atoms with Crippen LogP contribution in [0, 0.1) is 10.1 Å². The van der Waals surface area contributed by atoms with Gasteiger partial charge in [-0.3, -0.25) is 14.9 Å². The topological polar surface area (TPSA) is 136 Å². The highest BCUT2D eigenvalue weighted by Gasteiger charge is 2.09. The molecule has 0 bridgehead atoms. The average Bonchev–Trinajstić information content (AvgIpc) is 2.79. The van der Waals surface area contributed by atoms with E-state index in [0.717, 1.165) is 0 Å². The molecule has 0 radical (unpaired) electrons. The second-order valence-corrected chi connectivity index (χ2v) is 3.99. The van der Waals surface area contributed by atoms with Gasteiger partial charge in [0.1, 0.15) is 6.61 Å². The van der Waals surface area contributed by atoms with Gasteiger partial charge in [0.05, 0.1) is 22.6 Å². The summed E-state index contributed by atoms with van der Waals surface area (Å²) >= 11 is 0. The molecule has 4 N–H and O–H groups in total. The van der Waals surface area contributed by atoms with Crippen LogP contribution in [0.25, 0.3) is 11.0 Å². The number of aromatic amines is 1. The number of nitrogens with two attached hydrogens (primary N) is 1. The highest BCUT2D eigenvalue weighted by Crippen LogP contribution is 2.20. The van der Waals surface area contributed by atoms with Gasteiger partial charge in [-0.1, -0.05) is 0 Å². The number of hydrogen-bond acceptors (Lipinski definition) is 6. The SMILES string of the molecule is NC(=O)COCCNc1nc2ccc([N+](=O)[O-])cc2[nH]1. The van der Waals surface area contributed by atoms with Gasteiger partial charge in [0.2, 0.25) is 11.9 Å². The lowest BCUT2D eigenvalue weighted by atomic mass is 10.3. The second kappa shape index (κ2) is 5.97. The number of nitro groups is 1. The summed E-state index contributed by atoms with van der Waals surface area (Å²) in [5.41, 5.74) is 6.11. The number of carbonyl (C=O) groups is 1. The Morgan fingerprint density at radius 2 is 2.35 bits per heavy atom. The van der Waals surface area contributed by atoms with Crippen LogP contribution in [0.2, 0.25) is 0 Å². The van der Waals surface area contributed by atoms with Gasteiger partial charge in [0.25, 0.3) is 5.69 Å². The van der Waals surface area contributed by atoms with Gasteiger partial charge in [-0.05, 0) is 6.07 Å². The molecule has 9 nitrogen and oxygen atoms in total. The van der Waals surface area contributed by atoms with Crippen LogP contribution in [0.3, 0.4) is 0 Å². The molecule has 1 heterocycles. The molecule has 0 fully saturated rings. The van der Waals surface area contributed by atoms with E-state index in [1.54, 1.807) is 6.07 Å². The number of anilines is 1. The number of aromatic nitrogens is 2. The summed E-state index contributed by atoms with van der Waals surface area (Å²) in [6, 6.07) is 4.37. The van der Waals surface area contributed by atoms with Crippen molar-refractivity contribution in [2.24, 2.45) is 5.73 Å². The molecule has 1 amide bonds. The standard InChI is InChI=1S/C11H13N5O4/c12-10(17)6-20-4-3-13-11-14-8-2-1-7(16(18)19)5-9(8)15-11/h1-2,5H,3-4,6H2,(H2,12,17)(H2,13,14,15). The molecule has 0 unspecified atom stereocenters. The summed E-state index contributed by atoms with van der Waals surface area (Å²) in [6.07, 6.45) is 0. The zero-order valence-corrected chi connectivity index (χ0v) is 10.5. The zero-order valence-electron chi connectivity index (χ0n) is 10.5. The zero-order chi connectivity index (χ0) is 14.5. The predicted molar refractivity (Wildman–Crippen MR) is 71.3 cm³/mol. The number of carbonyl (C=O) groups excluding carboxylic acids is 1. The first-order chi connectivity index (χ1) is 9.56. The molecule has 0 saturated heterocycles. The molecule has 0 saturated carbocycles. The highest BCUT2D eigenvalue weighted by molar-refractivity contribution is 5.79. The number of nitro benzene ring substituents is 1. The van der Waals surface area contributed by atoms with Gasteiger partial charge in [0.15, 0.2) is 0 Å². The first kappa shape index (κ1) is 13.7. The van der Waals surface area contributed by atoms with Crippen LogP contribution >= 0.6 is 0 Å². The van der Waals surface area contributed by atoms with E-state index in [0.29, 0.717) is 30.1 Å². The minimum atomic E-state index is -0.527. The number of imidazole rings is 1. The van der Waals surface area contributed by atoms with Crippen LogP contribution in [0.4, 0.5) is 11.6 Å². The lowest BCUT2D eigenvalue weighted by Crippen LogP contribution is -2.20. The maximum absolute atomic E-state index is 10.7. The van der Waals surface area contributed by atoms with Crippen LogP contribution in [-0.2, 0) is 9.53 Å². The Balaban J connectivity index is 1.94. The third-order valence-electron chi connectivity index (χ3n) is 2.46. The third-order valence-corrected chi connectivity index (χ3v) is 2.46. The molecule has 0 spiro atoms. The van der Waals surface area contributed by atoms with Crippen LogP contribution < -0.4 is 11.1 Å². The smallest absolute Gasteiger partial charge is 0.271 e. The Bertz CT molecular complexity index is 639. The van der Waals surface area contributed by atoms with Gasteiger partial charge in [-0.25, -0.2) is 4.98 Å². The van der Waals surface area contributed by atoms with Crippen molar-refractivity contribution >= 4 is 28.6 Å². The van der Waals surface area contributed by atoms with Gasteiger partial charge in [0, 0.05) is 18.7 Å². The van der Waals surface area contributed by atoms with Crippen molar-refractivity contribution in [3.8, 4) is 0 Å². The van der Waals surface area contributed by atoms with Crippen LogP contribution in [0.1, 0.15) is 0 Å². The van der Waals surface area contributed by atoms with E-state index in [2.05, 4.69) is 15.3 Å². The molecular formula is C11H13N5O4.